The van der Waals surface area contributed by atoms with Crippen LogP contribution in [0, 0.1) is 5.41 Å². The predicted octanol–water partition coefficient (Wildman–Crippen LogP) is 2.52. The van der Waals surface area contributed by atoms with Crippen molar-refractivity contribution < 1.29 is 5.11 Å². The summed E-state index contributed by atoms with van der Waals surface area (Å²) in [7, 11) is 0. The van der Waals surface area contributed by atoms with Crippen LogP contribution in [0.2, 0.25) is 0 Å². The summed E-state index contributed by atoms with van der Waals surface area (Å²) < 4.78 is 0. The van der Waals surface area contributed by atoms with Crippen molar-refractivity contribution in [2.24, 2.45) is 5.41 Å². The molecule has 0 aliphatic rings. The van der Waals surface area contributed by atoms with E-state index in [9.17, 15) is 5.11 Å². The third-order valence-corrected chi connectivity index (χ3v) is 2.24. The van der Waals surface area contributed by atoms with Crippen molar-refractivity contribution in [3.05, 3.63) is 0 Å². The molecular weight excluding hydrogens is 174 g/mol. The van der Waals surface area contributed by atoms with Crippen molar-refractivity contribution in [2.75, 3.05) is 19.6 Å². The van der Waals surface area contributed by atoms with E-state index in [-0.39, 0.29) is 0 Å². The minimum absolute atomic E-state index is 0.382. The van der Waals surface area contributed by atoms with Crippen molar-refractivity contribution in [1.29, 1.82) is 0 Å². The Hall–Kier alpha value is -0.0800. The summed E-state index contributed by atoms with van der Waals surface area (Å²) in [4.78, 5) is 2.31. The predicted molar refractivity (Wildman–Crippen MR) is 62.5 cm³/mol. The molecule has 0 saturated carbocycles. The Morgan fingerprint density at radius 2 is 1.57 bits per heavy atom. The van der Waals surface area contributed by atoms with Crippen LogP contribution in [-0.4, -0.2) is 35.2 Å². The molecule has 0 aliphatic carbocycles. The van der Waals surface area contributed by atoms with E-state index < -0.39 is 5.60 Å². The van der Waals surface area contributed by atoms with Gasteiger partial charge in [0.05, 0.1) is 5.60 Å². The molecule has 86 valence electrons. The van der Waals surface area contributed by atoms with Gasteiger partial charge in [0, 0.05) is 6.54 Å². The second-order valence-electron chi connectivity index (χ2n) is 5.99. The van der Waals surface area contributed by atoms with Gasteiger partial charge in [-0.3, -0.25) is 0 Å². The van der Waals surface area contributed by atoms with Gasteiger partial charge in [0.25, 0.3) is 0 Å². The van der Waals surface area contributed by atoms with Gasteiger partial charge in [-0.25, -0.2) is 0 Å². The maximum atomic E-state index is 9.71. The molecule has 2 heteroatoms. The number of aliphatic hydroxyl groups is 1. The molecule has 0 radical (unpaired) electrons. The lowest BCUT2D eigenvalue weighted by Crippen LogP contribution is -2.39. The van der Waals surface area contributed by atoms with Gasteiger partial charge in [-0.1, -0.05) is 27.7 Å². The van der Waals surface area contributed by atoms with Crippen LogP contribution in [0.25, 0.3) is 0 Å². The zero-order valence-corrected chi connectivity index (χ0v) is 10.7. The van der Waals surface area contributed by atoms with Crippen LogP contribution in [-0.2, 0) is 0 Å². The van der Waals surface area contributed by atoms with E-state index in [1.54, 1.807) is 0 Å². The Morgan fingerprint density at radius 3 is 1.86 bits per heavy atom. The Balaban J connectivity index is 3.93. The van der Waals surface area contributed by atoms with Crippen LogP contribution in [0.1, 0.15) is 48.0 Å². The van der Waals surface area contributed by atoms with Crippen molar-refractivity contribution in [3.8, 4) is 0 Å². The van der Waals surface area contributed by atoms with Crippen LogP contribution in [0.4, 0.5) is 0 Å². The van der Waals surface area contributed by atoms with E-state index in [4.69, 9.17) is 0 Å². The lowest BCUT2D eigenvalue weighted by atomic mass is 9.92. The highest BCUT2D eigenvalue weighted by Crippen LogP contribution is 2.19. The van der Waals surface area contributed by atoms with Gasteiger partial charge in [0.15, 0.2) is 0 Å². The molecule has 0 aromatic heterocycles. The minimum Gasteiger partial charge on any atom is -0.389 e. The zero-order chi connectivity index (χ0) is 11.4. The molecule has 0 saturated heterocycles. The number of hydrogen-bond acceptors (Lipinski definition) is 2. The van der Waals surface area contributed by atoms with E-state index in [1.165, 1.54) is 6.42 Å². The van der Waals surface area contributed by atoms with E-state index in [0.717, 1.165) is 19.6 Å². The third kappa shape index (κ3) is 8.52. The van der Waals surface area contributed by atoms with Gasteiger partial charge < -0.3 is 10.0 Å². The second-order valence-corrected chi connectivity index (χ2v) is 5.99. The van der Waals surface area contributed by atoms with Crippen molar-refractivity contribution in [2.45, 2.75) is 53.6 Å². The van der Waals surface area contributed by atoms with Crippen LogP contribution in [0.3, 0.4) is 0 Å². The number of likely N-dealkylation sites (N-methyl/N-ethyl adjacent to an activating group) is 1. The standard InChI is InChI=1S/C12H27NO/c1-7-13(10-12(5,6)14)9-8-11(2,3)4/h14H,7-10H2,1-6H3. The van der Waals surface area contributed by atoms with Crippen molar-refractivity contribution in [1.82, 2.24) is 4.90 Å². The fourth-order valence-corrected chi connectivity index (χ4v) is 1.39. The average molecular weight is 201 g/mol. The zero-order valence-electron chi connectivity index (χ0n) is 10.7. The Kier molecular flexibility index (Phi) is 5.10. The highest BCUT2D eigenvalue weighted by molar-refractivity contribution is 4.73. The molecule has 1 N–H and O–H groups in total. The molecule has 0 atom stereocenters. The molecule has 0 fully saturated rings. The monoisotopic (exact) mass is 201 g/mol. The molecule has 0 spiro atoms. The fourth-order valence-electron chi connectivity index (χ4n) is 1.39. The Bertz CT molecular complexity index is 153. The van der Waals surface area contributed by atoms with Crippen molar-refractivity contribution >= 4 is 0 Å². The van der Waals surface area contributed by atoms with Crippen molar-refractivity contribution in [3.63, 3.8) is 0 Å². The Labute approximate surface area is 89.3 Å². The second kappa shape index (κ2) is 5.13. The maximum absolute atomic E-state index is 9.71. The summed E-state index contributed by atoms with van der Waals surface area (Å²) >= 11 is 0. The topological polar surface area (TPSA) is 23.5 Å². The van der Waals surface area contributed by atoms with E-state index >= 15 is 0 Å². The van der Waals surface area contributed by atoms with E-state index in [1.807, 2.05) is 13.8 Å². The summed E-state index contributed by atoms with van der Waals surface area (Å²) in [5, 5.41) is 9.71. The molecule has 0 heterocycles. The lowest BCUT2D eigenvalue weighted by molar-refractivity contribution is 0.0346. The quantitative estimate of drug-likeness (QED) is 0.739. The molecule has 0 unspecified atom stereocenters. The number of nitrogens with zero attached hydrogens (tertiary/aromatic N) is 1. The minimum atomic E-state index is -0.576. The number of hydrogen-bond donors (Lipinski definition) is 1. The maximum Gasteiger partial charge on any atom is 0.0718 e. The molecule has 2 nitrogen and oxygen atoms in total. The SMILES string of the molecule is CCN(CCC(C)(C)C)CC(C)(C)O. The first-order valence-corrected chi connectivity index (χ1v) is 5.59. The molecular formula is C12H27NO. The summed E-state index contributed by atoms with van der Waals surface area (Å²) in [6.07, 6.45) is 1.18. The van der Waals surface area contributed by atoms with Gasteiger partial charge in [0.2, 0.25) is 0 Å². The van der Waals surface area contributed by atoms with Crippen LogP contribution < -0.4 is 0 Å². The summed E-state index contributed by atoms with van der Waals surface area (Å²) in [5.74, 6) is 0. The van der Waals surface area contributed by atoms with Gasteiger partial charge in [-0.15, -0.1) is 0 Å². The highest BCUT2D eigenvalue weighted by atomic mass is 16.3. The molecule has 0 rings (SSSR count). The molecule has 14 heavy (non-hydrogen) atoms. The van der Waals surface area contributed by atoms with Crippen LogP contribution >= 0.6 is 0 Å². The highest BCUT2D eigenvalue weighted by Gasteiger charge is 2.18. The van der Waals surface area contributed by atoms with Gasteiger partial charge in [-0.2, -0.15) is 0 Å². The fraction of sp³-hybridized carbons (Fsp3) is 1.00. The Morgan fingerprint density at radius 1 is 1.07 bits per heavy atom. The largest absolute Gasteiger partial charge is 0.389 e. The molecule has 0 bridgehead atoms. The molecule has 0 aromatic carbocycles. The normalized spacial score (nSPS) is 13.7. The summed E-state index contributed by atoms with van der Waals surface area (Å²) in [5.41, 5.74) is -0.194. The van der Waals surface area contributed by atoms with Crippen LogP contribution in [0.5, 0.6) is 0 Å². The van der Waals surface area contributed by atoms with E-state index in [0.29, 0.717) is 5.41 Å². The first kappa shape index (κ1) is 13.9. The average Bonchev–Trinajstić information content (AvgIpc) is 1.94. The summed E-state index contributed by atoms with van der Waals surface area (Å²) in [6.45, 7) is 15.5. The first-order valence-electron chi connectivity index (χ1n) is 5.59. The van der Waals surface area contributed by atoms with Crippen LogP contribution in [0.15, 0.2) is 0 Å². The van der Waals surface area contributed by atoms with Gasteiger partial charge in [-0.05, 0) is 38.8 Å². The van der Waals surface area contributed by atoms with Gasteiger partial charge >= 0.3 is 0 Å². The van der Waals surface area contributed by atoms with Gasteiger partial charge in [0.1, 0.15) is 0 Å². The molecule has 0 amide bonds. The molecule has 0 aromatic rings. The summed E-state index contributed by atoms with van der Waals surface area (Å²) in [6, 6.07) is 0. The first-order chi connectivity index (χ1) is 6.14. The van der Waals surface area contributed by atoms with E-state index in [2.05, 4.69) is 32.6 Å². The number of rotatable bonds is 5. The third-order valence-electron chi connectivity index (χ3n) is 2.24. The lowest BCUT2D eigenvalue weighted by Gasteiger charge is -2.30. The smallest absolute Gasteiger partial charge is 0.0718 e. The molecule has 0 aliphatic heterocycles.